The maximum atomic E-state index is 12.0. The van der Waals surface area contributed by atoms with Crippen LogP contribution < -0.4 is 10.6 Å². The Morgan fingerprint density at radius 2 is 1.96 bits per heavy atom. The molecule has 1 aliphatic rings. The summed E-state index contributed by atoms with van der Waals surface area (Å²) in [7, 11) is 0. The van der Waals surface area contributed by atoms with Gasteiger partial charge in [0.15, 0.2) is 0 Å². The number of pyridine rings is 1. The lowest BCUT2D eigenvalue weighted by Crippen LogP contribution is -2.49. The van der Waals surface area contributed by atoms with Crippen LogP contribution in [0, 0.1) is 5.92 Å². The van der Waals surface area contributed by atoms with Crippen LogP contribution in [0.25, 0.3) is 0 Å². The fraction of sp³-hybridized carbons (Fsp3) is 0.667. The Morgan fingerprint density at radius 3 is 2.57 bits per heavy atom. The highest BCUT2D eigenvalue weighted by molar-refractivity contribution is 5.73. The normalized spacial score (nSPS) is 17.5. The summed E-state index contributed by atoms with van der Waals surface area (Å²) in [4.78, 5) is 18.6. The first-order valence-corrected chi connectivity index (χ1v) is 8.81. The third-order valence-corrected chi connectivity index (χ3v) is 4.53. The van der Waals surface area contributed by atoms with Gasteiger partial charge in [-0.1, -0.05) is 32.8 Å². The molecule has 0 spiro atoms. The molecule has 5 heteroatoms. The topological polar surface area (TPSA) is 57.3 Å². The van der Waals surface area contributed by atoms with E-state index in [1.165, 1.54) is 25.7 Å². The molecule has 0 bridgehead atoms. The molecule has 2 N–H and O–H groups in total. The number of carbonyl (C=O) groups excluding carboxylic acids is 1. The number of carbonyl (C=O) groups is 1. The molecule has 2 heterocycles. The van der Waals surface area contributed by atoms with E-state index < -0.39 is 0 Å². The van der Waals surface area contributed by atoms with E-state index in [1.807, 2.05) is 12.1 Å². The number of rotatable bonds is 6. The first-order valence-electron chi connectivity index (χ1n) is 8.81. The number of hydrogen-bond acceptors (Lipinski definition) is 3. The van der Waals surface area contributed by atoms with Gasteiger partial charge in [0.1, 0.15) is 0 Å². The van der Waals surface area contributed by atoms with E-state index in [0.717, 1.165) is 18.7 Å². The van der Waals surface area contributed by atoms with Crippen LogP contribution in [-0.4, -0.2) is 41.6 Å². The maximum absolute atomic E-state index is 12.0. The largest absolute Gasteiger partial charge is 0.337 e. The van der Waals surface area contributed by atoms with Gasteiger partial charge in [-0.3, -0.25) is 9.88 Å². The molecule has 1 aromatic heterocycles. The first kappa shape index (κ1) is 17.7. The van der Waals surface area contributed by atoms with Crippen molar-refractivity contribution < 1.29 is 4.79 Å². The summed E-state index contributed by atoms with van der Waals surface area (Å²) in [6.45, 7) is 8.01. The molecule has 2 amide bonds. The zero-order chi connectivity index (χ0) is 16.5. The number of amides is 2. The Morgan fingerprint density at radius 1 is 1.22 bits per heavy atom. The lowest BCUT2D eigenvalue weighted by Gasteiger charge is -2.33. The van der Waals surface area contributed by atoms with Crippen molar-refractivity contribution >= 4 is 6.03 Å². The van der Waals surface area contributed by atoms with Gasteiger partial charge in [0.2, 0.25) is 0 Å². The lowest BCUT2D eigenvalue weighted by molar-refractivity contribution is 0.157. The zero-order valence-electron chi connectivity index (χ0n) is 14.4. The van der Waals surface area contributed by atoms with E-state index in [2.05, 4.69) is 34.4 Å². The van der Waals surface area contributed by atoms with Crippen LogP contribution in [-0.2, 0) is 6.54 Å². The van der Waals surface area contributed by atoms with Crippen LogP contribution in [0.3, 0.4) is 0 Å². The number of urea groups is 1. The SMILES string of the molecule is CC(C)C(CNC(=O)NCc1cccnc1)N1CCCCCC1. The summed E-state index contributed by atoms with van der Waals surface area (Å²) in [5, 5.41) is 5.94. The number of nitrogens with zero attached hydrogens (tertiary/aromatic N) is 2. The lowest BCUT2D eigenvalue weighted by atomic mass is 10.0. The van der Waals surface area contributed by atoms with Crippen molar-refractivity contribution in [2.75, 3.05) is 19.6 Å². The first-order chi connectivity index (χ1) is 11.2. The summed E-state index contributed by atoms with van der Waals surface area (Å²) in [6.07, 6.45) is 8.72. The fourth-order valence-corrected chi connectivity index (χ4v) is 3.16. The highest BCUT2D eigenvalue weighted by Gasteiger charge is 2.23. The molecule has 1 saturated heterocycles. The summed E-state index contributed by atoms with van der Waals surface area (Å²) in [6, 6.07) is 4.15. The van der Waals surface area contributed by atoms with E-state index in [4.69, 9.17) is 0 Å². The molecule has 0 aliphatic carbocycles. The average molecular weight is 318 g/mol. The Bertz CT molecular complexity index is 455. The van der Waals surface area contributed by atoms with Gasteiger partial charge in [0.25, 0.3) is 0 Å². The molecule has 5 nitrogen and oxygen atoms in total. The molecule has 2 rings (SSSR count). The quantitative estimate of drug-likeness (QED) is 0.848. The minimum Gasteiger partial charge on any atom is -0.337 e. The maximum Gasteiger partial charge on any atom is 0.315 e. The van der Waals surface area contributed by atoms with Gasteiger partial charge >= 0.3 is 6.03 Å². The molecule has 1 atom stereocenters. The van der Waals surface area contributed by atoms with Gasteiger partial charge in [0.05, 0.1) is 0 Å². The second kappa shape index (κ2) is 9.50. The fourth-order valence-electron chi connectivity index (χ4n) is 3.16. The Hall–Kier alpha value is -1.62. The number of hydrogen-bond donors (Lipinski definition) is 2. The van der Waals surface area contributed by atoms with Crippen LogP contribution in [0.5, 0.6) is 0 Å². The summed E-state index contributed by atoms with van der Waals surface area (Å²) >= 11 is 0. The minimum atomic E-state index is -0.102. The number of nitrogens with one attached hydrogen (secondary N) is 2. The van der Waals surface area contributed by atoms with Crippen molar-refractivity contribution in [2.24, 2.45) is 5.92 Å². The third kappa shape index (κ3) is 6.18. The van der Waals surface area contributed by atoms with Gasteiger partial charge in [-0.15, -0.1) is 0 Å². The second-order valence-electron chi connectivity index (χ2n) is 6.69. The molecule has 0 aromatic carbocycles. The Balaban J connectivity index is 1.77. The molecular weight excluding hydrogens is 288 g/mol. The van der Waals surface area contributed by atoms with Crippen molar-refractivity contribution in [3.8, 4) is 0 Å². The third-order valence-electron chi connectivity index (χ3n) is 4.53. The molecule has 0 radical (unpaired) electrons. The number of aromatic nitrogens is 1. The monoisotopic (exact) mass is 318 g/mol. The summed E-state index contributed by atoms with van der Waals surface area (Å²) in [5.41, 5.74) is 1.01. The molecular formula is C18H30N4O. The average Bonchev–Trinajstić information content (AvgIpc) is 2.83. The van der Waals surface area contributed by atoms with Crippen LogP contribution in [0.15, 0.2) is 24.5 Å². The molecule has 1 fully saturated rings. The predicted molar refractivity (Wildman–Crippen MR) is 93.1 cm³/mol. The molecule has 1 aromatic rings. The van der Waals surface area contributed by atoms with Gasteiger partial charge in [-0.2, -0.15) is 0 Å². The highest BCUT2D eigenvalue weighted by Crippen LogP contribution is 2.17. The van der Waals surface area contributed by atoms with Gasteiger partial charge < -0.3 is 10.6 Å². The van der Waals surface area contributed by atoms with Crippen LogP contribution >= 0.6 is 0 Å². The summed E-state index contributed by atoms with van der Waals surface area (Å²) < 4.78 is 0. The van der Waals surface area contributed by atoms with E-state index in [-0.39, 0.29) is 6.03 Å². The zero-order valence-corrected chi connectivity index (χ0v) is 14.4. The van der Waals surface area contributed by atoms with E-state index in [1.54, 1.807) is 12.4 Å². The van der Waals surface area contributed by atoms with Gasteiger partial charge in [0, 0.05) is 31.5 Å². The van der Waals surface area contributed by atoms with Crippen molar-refractivity contribution in [1.29, 1.82) is 0 Å². The van der Waals surface area contributed by atoms with Gasteiger partial charge in [-0.05, 0) is 43.5 Å². The smallest absolute Gasteiger partial charge is 0.315 e. The Kier molecular flexibility index (Phi) is 7.33. The van der Waals surface area contributed by atoms with E-state index >= 15 is 0 Å². The molecule has 23 heavy (non-hydrogen) atoms. The molecule has 1 aliphatic heterocycles. The number of likely N-dealkylation sites (tertiary alicyclic amines) is 1. The second-order valence-corrected chi connectivity index (χ2v) is 6.69. The molecule has 0 saturated carbocycles. The molecule has 1 unspecified atom stereocenters. The highest BCUT2D eigenvalue weighted by atomic mass is 16.2. The van der Waals surface area contributed by atoms with Crippen molar-refractivity contribution in [1.82, 2.24) is 20.5 Å². The van der Waals surface area contributed by atoms with Crippen molar-refractivity contribution in [3.05, 3.63) is 30.1 Å². The van der Waals surface area contributed by atoms with E-state index in [9.17, 15) is 4.79 Å². The summed E-state index contributed by atoms with van der Waals surface area (Å²) in [5.74, 6) is 0.534. The van der Waals surface area contributed by atoms with Gasteiger partial charge in [-0.25, -0.2) is 4.79 Å². The van der Waals surface area contributed by atoms with Crippen molar-refractivity contribution in [2.45, 2.75) is 52.1 Å². The predicted octanol–water partition coefficient (Wildman–Crippen LogP) is 2.78. The standard InChI is InChI=1S/C18H30N4O/c1-15(2)17(22-10-5-3-4-6-11-22)14-21-18(23)20-13-16-8-7-9-19-12-16/h7-9,12,15,17H,3-6,10-11,13-14H2,1-2H3,(H2,20,21,23). The van der Waals surface area contributed by atoms with Crippen LogP contribution in [0.1, 0.15) is 45.1 Å². The van der Waals surface area contributed by atoms with Crippen LogP contribution in [0.2, 0.25) is 0 Å². The molecule has 128 valence electrons. The Labute approximate surface area is 139 Å². The van der Waals surface area contributed by atoms with E-state index in [0.29, 0.717) is 25.0 Å². The van der Waals surface area contributed by atoms with Crippen molar-refractivity contribution in [3.63, 3.8) is 0 Å². The van der Waals surface area contributed by atoms with Crippen LogP contribution in [0.4, 0.5) is 4.79 Å². The minimum absolute atomic E-state index is 0.102.